The van der Waals surface area contributed by atoms with Crippen molar-refractivity contribution in [3.8, 4) is 0 Å². The van der Waals surface area contributed by atoms with Crippen molar-refractivity contribution < 1.29 is 18.7 Å². The van der Waals surface area contributed by atoms with Gasteiger partial charge in [-0.1, -0.05) is 0 Å². The summed E-state index contributed by atoms with van der Waals surface area (Å²) < 4.78 is 9.98. The van der Waals surface area contributed by atoms with Gasteiger partial charge in [0.2, 0.25) is 0 Å². The fourth-order valence-electron chi connectivity index (χ4n) is 1.17. The summed E-state index contributed by atoms with van der Waals surface area (Å²) in [4.78, 5) is 22.6. The number of nitrogens with one attached hydrogen (secondary N) is 1. The van der Waals surface area contributed by atoms with E-state index in [2.05, 4.69) is 10.1 Å². The van der Waals surface area contributed by atoms with Crippen LogP contribution in [0, 0.1) is 0 Å². The first-order valence-electron chi connectivity index (χ1n) is 5.18. The predicted molar refractivity (Wildman–Crippen MR) is 64.9 cm³/mol. The molecule has 1 rings (SSSR count). The summed E-state index contributed by atoms with van der Waals surface area (Å²) in [6.07, 6.45) is 1.95. The number of carbonyl (C=O) groups is 2. The smallest absolute Gasteiger partial charge is 0.325 e. The van der Waals surface area contributed by atoms with E-state index in [4.69, 9.17) is 4.42 Å². The lowest BCUT2D eigenvalue weighted by Gasteiger charge is -2.02. The molecule has 1 aromatic rings. The van der Waals surface area contributed by atoms with Crippen molar-refractivity contribution in [3.63, 3.8) is 0 Å². The van der Waals surface area contributed by atoms with E-state index in [1.807, 2.05) is 6.26 Å². The second kappa shape index (κ2) is 7.01. The van der Waals surface area contributed by atoms with E-state index in [1.165, 1.54) is 0 Å². The number of ether oxygens (including phenoxy) is 1. The molecule has 17 heavy (non-hydrogen) atoms. The van der Waals surface area contributed by atoms with Crippen molar-refractivity contribution in [1.82, 2.24) is 5.32 Å². The topological polar surface area (TPSA) is 68.5 Å². The van der Waals surface area contributed by atoms with Crippen LogP contribution in [-0.4, -0.2) is 31.3 Å². The van der Waals surface area contributed by atoms with Gasteiger partial charge < -0.3 is 14.5 Å². The monoisotopic (exact) mass is 257 g/mol. The van der Waals surface area contributed by atoms with Gasteiger partial charge in [-0.3, -0.25) is 9.59 Å². The van der Waals surface area contributed by atoms with E-state index < -0.39 is 11.9 Å². The molecule has 0 atom stereocenters. The van der Waals surface area contributed by atoms with Gasteiger partial charge >= 0.3 is 5.97 Å². The van der Waals surface area contributed by atoms with Crippen molar-refractivity contribution in [2.75, 3.05) is 19.4 Å². The molecule has 94 valence electrons. The zero-order valence-electron chi connectivity index (χ0n) is 9.82. The minimum Gasteiger partial charge on any atom is -0.465 e. The molecule has 5 nitrogen and oxygen atoms in total. The fraction of sp³-hybridized carbons (Fsp3) is 0.455. The molecule has 0 radical (unpaired) electrons. The van der Waals surface area contributed by atoms with Gasteiger partial charge in [0.1, 0.15) is 12.3 Å². The molecule has 1 amide bonds. The summed E-state index contributed by atoms with van der Waals surface area (Å²) in [7, 11) is 0. The number of esters is 1. The molecule has 0 saturated carbocycles. The highest BCUT2D eigenvalue weighted by Gasteiger charge is 2.12. The zero-order chi connectivity index (χ0) is 12.7. The third-order valence-corrected chi connectivity index (χ3v) is 2.44. The summed E-state index contributed by atoms with van der Waals surface area (Å²) in [5.74, 6) is 0.782. The Labute approximate surface area is 104 Å². The second-order valence-electron chi connectivity index (χ2n) is 3.19. The van der Waals surface area contributed by atoms with Crippen LogP contribution in [0.5, 0.6) is 0 Å². The summed E-state index contributed by atoms with van der Waals surface area (Å²) in [5, 5.41) is 2.42. The number of hydrogen-bond donors (Lipinski definition) is 1. The van der Waals surface area contributed by atoms with Crippen molar-refractivity contribution in [1.29, 1.82) is 0 Å². The van der Waals surface area contributed by atoms with E-state index in [9.17, 15) is 9.59 Å². The molecule has 6 heteroatoms. The standard InChI is InChI=1S/C11H15NO4S/c1-3-15-10(13)6-12-11(14)9-5-4-8(16-9)7-17-2/h4-5H,3,6-7H2,1-2H3,(H,12,14). The van der Waals surface area contributed by atoms with Gasteiger partial charge in [-0.2, -0.15) is 11.8 Å². The van der Waals surface area contributed by atoms with Crippen LogP contribution in [0.2, 0.25) is 0 Å². The molecule has 0 saturated heterocycles. The van der Waals surface area contributed by atoms with E-state index in [0.717, 1.165) is 5.76 Å². The Morgan fingerprint density at radius 3 is 2.88 bits per heavy atom. The van der Waals surface area contributed by atoms with Gasteiger partial charge in [-0.15, -0.1) is 0 Å². The van der Waals surface area contributed by atoms with E-state index in [0.29, 0.717) is 12.4 Å². The van der Waals surface area contributed by atoms with Gasteiger partial charge in [0, 0.05) is 0 Å². The van der Waals surface area contributed by atoms with Gasteiger partial charge in [0.15, 0.2) is 5.76 Å². The summed E-state index contributed by atoms with van der Waals surface area (Å²) in [6, 6.07) is 3.34. The van der Waals surface area contributed by atoms with Crippen LogP contribution in [0.3, 0.4) is 0 Å². The highest BCUT2D eigenvalue weighted by atomic mass is 32.2. The Morgan fingerprint density at radius 2 is 2.24 bits per heavy atom. The fourth-order valence-corrected chi connectivity index (χ4v) is 1.61. The van der Waals surface area contributed by atoms with Crippen LogP contribution in [0.25, 0.3) is 0 Å². The van der Waals surface area contributed by atoms with Crippen molar-refractivity contribution in [2.24, 2.45) is 0 Å². The quantitative estimate of drug-likeness (QED) is 0.781. The molecule has 0 unspecified atom stereocenters. The lowest BCUT2D eigenvalue weighted by molar-refractivity contribution is -0.141. The van der Waals surface area contributed by atoms with Crippen LogP contribution < -0.4 is 5.32 Å². The van der Waals surface area contributed by atoms with E-state index >= 15 is 0 Å². The van der Waals surface area contributed by atoms with Gasteiger partial charge in [0.05, 0.1) is 12.4 Å². The van der Waals surface area contributed by atoms with Crippen LogP contribution >= 0.6 is 11.8 Å². The number of hydrogen-bond acceptors (Lipinski definition) is 5. The maximum atomic E-state index is 11.6. The Balaban J connectivity index is 2.43. The molecule has 0 aliphatic heterocycles. The molecular weight excluding hydrogens is 242 g/mol. The van der Waals surface area contributed by atoms with Crippen LogP contribution in [-0.2, 0) is 15.3 Å². The Bertz CT molecular complexity index is 389. The lowest BCUT2D eigenvalue weighted by Crippen LogP contribution is -2.30. The molecular formula is C11H15NO4S. The molecule has 0 bridgehead atoms. The minimum absolute atomic E-state index is 0.148. The number of thioether (sulfide) groups is 1. The number of carbonyl (C=O) groups excluding carboxylic acids is 2. The number of rotatable bonds is 6. The van der Waals surface area contributed by atoms with Gasteiger partial charge in [-0.05, 0) is 25.3 Å². The molecule has 0 aromatic carbocycles. The zero-order valence-corrected chi connectivity index (χ0v) is 10.6. The maximum Gasteiger partial charge on any atom is 0.325 e. The molecule has 1 N–H and O–H groups in total. The summed E-state index contributed by atoms with van der Waals surface area (Å²) in [6.45, 7) is 1.86. The van der Waals surface area contributed by atoms with Gasteiger partial charge in [0.25, 0.3) is 5.91 Å². The third kappa shape index (κ3) is 4.52. The average molecular weight is 257 g/mol. The van der Waals surface area contributed by atoms with E-state index in [1.54, 1.807) is 30.8 Å². The normalized spacial score (nSPS) is 10.0. The third-order valence-electron chi connectivity index (χ3n) is 1.87. The first-order chi connectivity index (χ1) is 8.17. The first kappa shape index (κ1) is 13.6. The average Bonchev–Trinajstić information content (AvgIpc) is 2.75. The SMILES string of the molecule is CCOC(=O)CNC(=O)c1ccc(CSC)o1. The molecule has 0 aliphatic rings. The van der Waals surface area contributed by atoms with Crippen LogP contribution in [0.4, 0.5) is 0 Å². The summed E-state index contributed by atoms with van der Waals surface area (Å²) in [5.41, 5.74) is 0. The van der Waals surface area contributed by atoms with Crippen molar-refractivity contribution in [2.45, 2.75) is 12.7 Å². The molecule has 0 aliphatic carbocycles. The predicted octanol–water partition coefficient (Wildman–Crippen LogP) is 1.44. The van der Waals surface area contributed by atoms with Crippen molar-refractivity contribution >= 4 is 23.6 Å². The molecule has 0 spiro atoms. The molecule has 1 aromatic heterocycles. The minimum atomic E-state index is -0.461. The Morgan fingerprint density at radius 1 is 1.47 bits per heavy atom. The van der Waals surface area contributed by atoms with Gasteiger partial charge in [-0.25, -0.2) is 0 Å². The Hall–Kier alpha value is -1.43. The highest BCUT2D eigenvalue weighted by Crippen LogP contribution is 2.13. The highest BCUT2D eigenvalue weighted by molar-refractivity contribution is 7.97. The molecule has 1 heterocycles. The largest absolute Gasteiger partial charge is 0.465 e. The lowest BCUT2D eigenvalue weighted by atomic mass is 10.4. The number of furan rings is 1. The van der Waals surface area contributed by atoms with Crippen molar-refractivity contribution in [3.05, 3.63) is 23.7 Å². The second-order valence-corrected chi connectivity index (χ2v) is 4.05. The van der Waals surface area contributed by atoms with E-state index in [-0.39, 0.29) is 12.3 Å². The first-order valence-corrected chi connectivity index (χ1v) is 6.58. The summed E-state index contributed by atoms with van der Waals surface area (Å²) >= 11 is 1.61. The van der Waals surface area contributed by atoms with Crippen LogP contribution in [0.1, 0.15) is 23.2 Å². The maximum absolute atomic E-state index is 11.6. The van der Waals surface area contributed by atoms with Crippen LogP contribution in [0.15, 0.2) is 16.5 Å². The number of amides is 1. The Kier molecular flexibility index (Phi) is 5.62. The molecule has 0 fully saturated rings.